The van der Waals surface area contributed by atoms with Crippen LogP contribution in [-0.2, 0) is 22.7 Å². The van der Waals surface area contributed by atoms with Gasteiger partial charge in [-0.1, -0.05) is 56.0 Å². The highest BCUT2D eigenvalue weighted by atomic mass is 16.2. The molecular formula is C29H39N3O2. The fourth-order valence-electron chi connectivity index (χ4n) is 5.15. The van der Waals surface area contributed by atoms with E-state index in [4.69, 9.17) is 0 Å². The van der Waals surface area contributed by atoms with Crippen LogP contribution in [0.3, 0.4) is 0 Å². The molecule has 0 bridgehead atoms. The Labute approximate surface area is 204 Å². The molecule has 0 spiro atoms. The molecule has 0 saturated heterocycles. The molecule has 0 unspecified atom stereocenters. The normalized spacial score (nSPS) is 15.9. The molecule has 0 aliphatic heterocycles. The Morgan fingerprint density at radius 1 is 1.06 bits per heavy atom. The van der Waals surface area contributed by atoms with Crippen LogP contribution in [0.2, 0.25) is 0 Å². The molecule has 1 aromatic carbocycles. The fraction of sp³-hybridized carbons (Fsp3) is 0.517. The zero-order valence-electron chi connectivity index (χ0n) is 20.6. The molecule has 2 aromatic rings. The highest BCUT2D eigenvalue weighted by Gasteiger charge is 2.34. The molecule has 0 radical (unpaired) electrons. The molecule has 2 aliphatic rings. The Morgan fingerprint density at radius 2 is 1.82 bits per heavy atom. The Kier molecular flexibility index (Phi) is 8.25. The third kappa shape index (κ3) is 6.40. The number of aromatic nitrogens is 1. The van der Waals surface area contributed by atoms with E-state index < -0.39 is 0 Å². The Balaban J connectivity index is 1.39. The standard InChI is InChI=1S/C29H39N3O2/c1-3-18-31(21-27-13-8-19-30(27)20-25-12-7-4-9-23(25)2)29(34)22-32(26-15-16-26)28(33)17-14-24-10-5-6-11-24/h3-4,7-9,12-13,19,24,26H,1,5-6,10-11,14-18,20-22H2,2H3. The summed E-state index contributed by atoms with van der Waals surface area (Å²) in [5.41, 5.74) is 3.62. The number of amides is 2. The highest BCUT2D eigenvalue weighted by Crippen LogP contribution is 2.31. The van der Waals surface area contributed by atoms with Crippen molar-refractivity contribution in [2.24, 2.45) is 5.92 Å². The molecule has 2 fully saturated rings. The number of hydrogen-bond acceptors (Lipinski definition) is 2. The van der Waals surface area contributed by atoms with Gasteiger partial charge >= 0.3 is 0 Å². The van der Waals surface area contributed by atoms with Gasteiger partial charge in [0, 0.05) is 37.4 Å². The number of carbonyl (C=O) groups excluding carboxylic acids is 2. The Bertz CT molecular complexity index is 985. The van der Waals surface area contributed by atoms with E-state index in [1.807, 2.05) is 15.9 Å². The SMILES string of the molecule is C=CCN(Cc1cccn1Cc1ccccc1C)C(=O)CN(C(=O)CCC1CCCC1)C1CC1. The van der Waals surface area contributed by atoms with Crippen LogP contribution in [0.25, 0.3) is 0 Å². The van der Waals surface area contributed by atoms with Crippen molar-refractivity contribution in [3.63, 3.8) is 0 Å². The summed E-state index contributed by atoms with van der Waals surface area (Å²) in [4.78, 5) is 30.1. The van der Waals surface area contributed by atoms with Crippen LogP contribution in [0, 0.1) is 12.8 Å². The fourth-order valence-corrected chi connectivity index (χ4v) is 5.15. The number of rotatable bonds is 12. The van der Waals surface area contributed by atoms with Crippen molar-refractivity contribution >= 4 is 11.8 Å². The van der Waals surface area contributed by atoms with Gasteiger partial charge < -0.3 is 14.4 Å². The van der Waals surface area contributed by atoms with Crippen LogP contribution in [0.15, 0.2) is 55.3 Å². The van der Waals surface area contributed by atoms with Gasteiger partial charge in [0.1, 0.15) is 6.54 Å². The van der Waals surface area contributed by atoms with Gasteiger partial charge in [0.05, 0.1) is 6.54 Å². The van der Waals surface area contributed by atoms with Crippen molar-refractivity contribution in [2.45, 2.75) is 77.4 Å². The van der Waals surface area contributed by atoms with Crippen LogP contribution in [0.4, 0.5) is 0 Å². The van der Waals surface area contributed by atoms with Crippen molar-refractivity contribution in [3.8, 4) is 0 Å². The lowest BCUT2D eigenvalue weighted by Crippen LogP contribution is -2.44. The maximum atomic E-state index is 13.4. The van der Waals surface area contributed by atoms with E-state index in [9.17, 15) is 9.59 Å². The molecule has 182 valence electrons. The maximum absolute atomic E-state index is 13.4. The van der Waals surface area contributed by atoms with E-state index in [-0.39, 0.29) is 24.4 Å². The Morgan fingerprint density at radius 3 is 2.53 bits per heavy atom. The second-order valence-electron chi connectivity index (χ2n) is 10.1. The van der Waals surface area contributed by atoms with Gasteiger partial charge in [-0.15, -0.1) is 6.58 Å². The number of benzene rings is 1. The minimum Gasteiger partial charge on any atom is -0.345 e. The zero-order valence-corrected chi connectivity index (χ0v) is 20.6. The smallest absolute Gasteiger partial charge is 0.242 e. The first-order chi connectivity index (χ1) is 16.5. The van der Waals surface area contributed by atoms with Gasteiger partial charge in [0.25, 0.3) is 0 Å². The lowest BCUT2D eigenvalue weighted by atomic mass is 10.0. The van der Waals surface area contributed by atoms with E-state index >= 15 is 0 Å². The second kappa shape index (κ2) is 11.5. The average molecular weight is 462 g/mol. The first-order valence-corrected chi connectivity index (χ1v) is 12.9. The number of carbonyl (C=O) groups is 2. The molecule has 2 aliphatic carbocycles. The van der Waals surface area contributed by atoms with E-state index in [1.54, 1.807) is 6.08 Å². The van der Waals surface area contributed by atoms with Gasteiger partial charge in [0.15, 0.2) is 0 Å². The van der Waals surface area contributed by atoms with Crippen LogP contribution in [0.5, 0.6) is 0 Å². The van der Waals surface area contributed by atoms with Crippen molar-refractivity contribution in [1.82, 2.24) is 14.4 Å². The summed E-state index contributed by atoms with van der Waals surface area (Å²) < 4.78 is 2.21. The first kappa shape index (κ1) is 24.3. The third-order valence-corrected chi connectivity index (χ3v) is 7.44. The molecule has 2 amide bonds. The molecular weight excluding hydrogens is 422 g/mol. The summed E-state index contributed by atoms with van der Waals surface area (Å²) in [7, 11) is 0. The second-order valence-corrected chi connectivity index (χ2v) is 10.1. The number of nitrogens with zero attached hydrogens (tertiary/aromatic N) is 3. The largest absolute Gasteiger partial charge is 0.345 e. The first-order valence-electron chi connectivity index (χ1n) is 12.9. The van der Waals surface area contributed by atoms with E-state index in [0.717, 1.165) is 31.5 Å². The van der Waals surface area contributed by atoms with Gasteiger partial charge in [-0.25, -0.2) is 0 Å². The predicted octanol–water partition coefficient (Wildman–Crippen LogP) is 5.32. The summed E-state index contributed by atoms with van der Waals surface area (Å²) in [6.07, 6.45) is 12.5. The molecule has 5 nitrogen and oxygen atoms in total. The van der Waals surface area contributed by atoms with Crippen LogP contribution < -0.4 is 0 Å². The summed E-state index contributed by atoms with van der Waals surface area (Å²) >= 11 is 0. The average Bonchev–Trinajstić information content (AvgIpc) is 3.35. The van der Waals surface area contributed by atoms with Gasteiger partial charge in [-0.05, 0) is 55.4 Å². The summed E-state index contributed by atoms with van der Waals surface area (Å²) in [6.45, 7) is 7.94. The Hall–Kier alpha value is -2.82. The zero-order chi connectivity index (χ0) is 23.9. The van der Waals surface area contributed by atoms with Gasteiger partial charge in [0.2, 0.25) is 11.8 Å². The maximum Gasteiger partial charge on any atom is 0.242 e. The summed E-state index contributed by atoms with van der Waals surface area (Å²) in [5, 5.41) is 0. The molecule has 2 saturated carbocycles. The van der Waals surface area contributed by atoms with Crippen molar-refractivity contribution in [1.29, 1.82) is 0 Å². The van der Waals surface area contributed by atoms with Crippen LogP contribution in [0.1, 0.15) is 68.2 Å². The molecule has 5 heteroatoms. The monoisotopic (exact) mass is 461 g/mol. The van der Waals surface area contributed by atoms with Crippen LogP contribution >= 0.6 is 0 Å². The minimum absolute atomic E-state index is 0.00431. The lowest BCUT2D eigenvalue weighted by Gasteiger charge is -2.28. The molecule has 1 aromatic heterocycles. The van der Waals surface area contributed by atoms with Gasteiger partial charge in [-0.3, -0.25) is 9.59 Å². The number of hydrogen-bond donors (Lipinski definition) is 0. The van der Waals surface area contributed by atoms with Crippen molar-refractivity contribution < 1.29 is 9.59 Å². The van der Waals surface area contributed by atoms with E-state index in [2.05, 4.69) is 54.6 Å². The molecule has 0 atom stereocenters. The molecule has 4 rings (SSSR count). The quantitative estimate of drug-likeness (QED) is 0.402. The lowest BCUT2D eigenvalue weighted by molar-refractivity contribution is -0.141. The number of aryl methyl sites for hydroxylation is 1. The highest BCUT2D eigenvalue weighted by molar-refractivity contribution is 5.85. The van der Waals surface area contributed by atoms with E-state index in [1.165, 1.54) is 36.8 Å². The molecule has 0 N–H and O–H groups in total. The molecule has 1 heterocycles. The molecule has 34 heavy (non-hydrogen) atoms. The summed E-state index contributed by atoms with van der Waals surface area (Å²) in [6, 6.07) is 12.8. The summed E-state index contributed by atoms with van der Waals surface area (Å²) in [5.74, 6) is 0.855. The third-order valence-electron chi connectivity index (χ3n) is 7.44. The minimum atomic E-state index is 0.00431. The van der Waals surface area contributed by atoms with Crippen molar-refractivity contribution in [2.75, 3.05) is 13.1 Å². The predicted molar refractivity (Wildman–Crippen MR) is 136 cm³/mol. The topological polar surface area (TPSA) is 45.6 Å². The van der Waals surface area contributed by atoms with Gasteiger partial charge in [-0.2, -0.15) is 0 Å². The van der Waals surface area contributed by atoms with Crippen molar-refractivity contribution in [3.05, 3.63) is 72.1 Å². The van der Waals surface area contributed by atoms with Crippen LogP contribution in [-0.4, -0.2) is 45.3 Å². The van der Waals surface area contributed by atoms with E-state index in [0.29, 0.717) is 25.4 Å².